The minimum atomic E-state index is -4.46. The van der Waals surface area contributed by atoms with E-state index in [2.05, 4.69) is 39.7 Å². The highest BCUT2D eigenvalue weighted by Gasteiger charge is 2.56. The molecule has 1 aromatic carbocycles. The predicted octanol–water partition coefficient (Wildman–Crippen LogP) is 4.89. The number of piperidine rings is 1. The number of nitrogens with one attached hydrogen (secondary N) is 3. The number of amides is 1. The second kappa shape index (κ2) is 10.6. The van der Waals surface area contributed by atoms with Gasteiger partial charge < -0.3 is 30.0 Å². The van der Waals surface area contributed by atoms with Crippen LogP contribution in [-0.2, 0) is 0 Å². The van der Waals surface area contributed by atoms with Crippen LogP contribution in [-0.4, -0.2) is 67.1 Å². The first-order valence-corrected chi connectivity index (χ1v) is 13.4. The number of halogens is 3. The van der Waals surface area contributed by atoms with E-state index in [0.717, 1.165) is 31.6 Å². The Morgan fingerprint density at radius 3 is 2.79 bits per heavy atom. The van der Waals surface area contributed by atoms with E-state index in [1.165, 1.54) is 7.11 Å². The van der Waals surface area contributed by atoms with Gasteiger partial charge in [0.25, 0.3) is 5.91 Å². The number of hydrogen-bond donors (Lipinski definition) is 3. The molecule has 3 aromatic rings. The molecule has 1 amide bonds. The summed E-state index contributed by atoms with van der Waals surface area (Å²) in [5.74, 6) is 6.68. The van der Waals surface area contributed by atoms with Gasteiger partial charge in [0.1, 0.15) is 10.8 Å². The molecule has 5 rings (SSSR count). The number of fused-ring (bicyclic) bond motifs is 2. The highest BCUT2D eigenvalue weighted by atomic mass is 32.2. The molecule has 0 spiro atoms. The van der Waals surface area contributed by atoms with Crippen LogP contribution in [0, 0.1) is 17.8 Å². The first kappa shape index (κ1) is 27.1. The molecule has 0 radical (unpaired) electrons. The quantitative estimate of drug-likeness (QED) is 0.284. The lowest BCUT2D eigenvalue weighted by Crippen LogP contribution is -2.38. The van der Waals surface area contributed by atoms with Crippen molar-refractivity contribution in [3.8, 4) is 17.6 Å². The van der Waals surface area contributed by atoms with Gasteiger partial charge in [0.05, 0.1) is 36.1 Å². The Balaban J connectivity index is 1.41. The summed E-state index contributed by atoms with van der Waals surface area (Å²) in [6, 6.07) is 10.4. The van der Waals surface area contributed by atoms with Crippen molar-refractivity contribution < 1.29 is 22.7 Å². The van der Waals surface area contributed by atoms with Crippen molar-refractivity contribution in [2.24, 2.45) is 5.92 Å². The minimum absolute atomic E-state index is 0.00793. The summed E-state index contributed by atoms with van der Waals surface area (Å²) in [5, 5.41) is 9.38. The summed E-state index contributed by atoms with van der Waals surface area (Å²) in [6.45, 7) is 2.15. The lowest BCUT2D eigenvalue weighted by molar-refractivity contribution is -0.0329. The molecule has 2 aliphatic rings. The summed E-state index contributed by atoms with van der Waals surface area (Å²) in [4.78, 5) is 14.3. The van der Waals surface area contributed by atoms with Gasteiger partial charge in [0.2, 0.25) is 0 Å². The zero-order chi connectivity index (χ0) is 27.8. The highest BCUT2D eigenvalue weighted by molar-refractivity contribution is 8.00. The van der Waals surface area contributed by atoms with Crippen molar-refractivity contribution >= 4 is 34.6 Å². The number of alkyl halides is 3. The zero-order valence-electron chi connectivity index (χ0n) is 21.9. The van der Waals surface area contributed by atoms with Gasteiger partial charge in [-0.25, -0.2) is 0 Å². The first-order chi connectivity index (χ1) is 18.6. The molecule has 3 N–H and O–H groups in total. The summed E-state index contributed by atoms with van der Waals surface area (Å²) >= 11 is -0.163. The number of methoxy groups -OCH3 is 1. The molecule has 2 fully saturated rings. The maximum Gasteiger partial charge on any atom is 0.447 e. The lowest BCUT2D eigenvalue weighted by atomic mass is 10.0. The van der Waals surface area contributed by atoms with E-state index < -0.39 is 5.51 Å². The van der Waals surface area contributed by atoms with Gasteiger partial charge in [0, 0.05) is 49.2 Å². The number of hydrogen-bond acceptors (Lipinski definition) is 6. The molecule has 1 aliphatic carbocycles. The molecule has 2 atom stereocenters. The summed E-state index contributed by atoms with van der Waals surface area (Å²) in [5.41, 5.74) is -1.67. The minimum Gasteiger partial charge on any atom is -0.495 e. The van der Waals surface area contributed by atoms with Crippen LogP contribution in [0.2, 0.25) is 0 Å². The fourth-order valence-corrected chi connectivity index (χ4v) is 5.96. The Morgan fingerprint density at radius 1 is 1.26 bits per heavy atom. The zero-order valence-corrected chi connectivity index (χ0v) is 22.7. The third kappa shape index (κ3) is 5.77. The predicted molar refractivity (Wildman–Crippen MR) is 148 cm³/mol. The van der Waals surface area contributed by atoms with Gasteiger partial charge in [-0.05, 0) is 62.2 Å². The summed E-state index contributed by atoms with van der Waals surface area (Å²) in [7, 11) is 5.17. The molecule has 206 valence electrons. The fraction of sp³-hybridized carbons (Fsp3) is 0.393. The molecule has 2 aromatic heterocycles. The average molecular weight is 558 g/mol. The molecule has 1 saturated heterocycles. The van der Waals surface area contributed by atoms with E-state index in [-0.39, 0.29) is 34.8 Å². The van der Waals surface area contributed by atoms with Crippen LogP contribution < -0.4 is 20.7 Å². The van der Waals surface area contributed by atoms with Gasteiger partial charge in [0.15, 0.2) is 0 Å². The number of ether oxygens (including phenoxy) is 1. The van der Waals surface area contributed by atoms with Gasteiger partial charge in [-0.2, -0.15) is 13.2 Å². The van der Waals surface area contributed by atoms with Crippen LogP contribution in [0.3, 0.4) is 0 Å². The van der Waals surface area contributed by atoms with Gasteiger partial charge in [-0.15, -0.1) is 0 Å². The van der Waals surface area contributed by atoms with Crippen molar-refractivity contribution in [2.45, 2.75) is 28.9 Å². The van der Waals surface area contributed by atoms with Crippen molar-refractivity contribution in [1.82, 2.24) is 14.6 Å². The number of pyridine rings is 1. The van der Waals surface area contributed by atoms with E-state index in [9.17, 15) is 18.0 Å². The summed E-state index contributed by atoms with van der Waals surface area (Å²) in [6.07, 6.45) is 3.71. The monoisotopic (exact) mass is 557 g/mol. The Bertz CT molecular complexity index is 1460. The average Bonchev–Trinajstić information content (AvgIpc) is 3.50. The van der Waals surface area contributed by atoms with E-state index >= 15 is 0 Å². The molecular weight excluding hydrogens is 527 g/mol. The third-order valence-corrected chi connectivity index (χ3v) is 8.18. The largest absolute Gasteiger partial charge is 0.495 e. The van der Waals surface area contributed by atoms with E-state index in [1.54, 1.807) is 48.0 Å². The standard InChI is InChI=1S/C28H30F3N5O2S/c1-32-25(37)18-8-9-24(38-3)22(14-18)33-11-4-6-19-15-23-21(34-27-10-13-35(2)17-20(27)16-27)7-5-12-36(23)26(19)39-28(29,30)31/h5,7-9,12,14-15,20,33-34H,10-11,13,16-17H2,1-3H3,(H,32,37). The molecule has 0 bridgehead atoms. The van der Waals surface area contributed by atoms with Crippen LogP contribution >= 0.6 is 11.8 Å². The molecular formula is C28H30F3N5O2S. The lowest BCUT2D eigenvalue weighted by Gasteiger charge is -2.30. The smallest absolute Gasteiger partial charge is 0.447 e. The highest BCUT2D eigenvalue weighted by Crippen LogP contribution is 2.52. The number of carbonyl (C=O) groups is 1. The number of likely N-dealkylation sites (tertiary alicyclic amines) is 1. The number of thioether (sulfide) groups is 1. The van der Waals surface area contributed by atoms with Crippen molar-refractivity contribution in [3.63, 3.8) is 0 Å². The van der Waals surface area contributed by atoms with Crippen LogP contribution in [0.5, 0.6) is 5.75 Å². The maximum atomic E-state index is 13.6. The van der Waals surface area contributed by atoms with Crippen molar-refractivity contribution in [2.75, 3.05) is 51.5 Å². The number of benzene rings is 1. The van der Waals surface area contributed by atoms with Gasteiger partial charge >= 0.3 is 5.51 Å². The summed E-state index contributed by atoms with van der Waals surface area (Å²) < 4.78 is 47.6. The Morgan fingerprint density at radius 2 is 2.08 bits per heavy atom. The Labute approximate surface area is 229 Å². The normalized spacial score (nSPS) is 20.5. The number of rotatable bonds is 7. The van der Waals surface area contributed by atoms with E-state index in [4.69, 9.17) is 4.74 Å². The number of carbonyl (C=O) groups excluding carboxylic acids is 1. The molecule has 1 aliphatic heterocycles. The van der Waals surface area contributed by atoms with Crippen molar-refractivity contribution in [1.29, 1.82) is 0 Å². The van der Waals surface area contributed by atoms with Gasteiger partial charge in [-0.3, -0.25) is 4.79 Å². The molecule has 2 unspecified atom stereocenters. The number of nitrogens with zero attached hydrogens (tertiary/aromatic N) is 2. The van der Waals surface area contributed by atoms with Crippen LogP contribution in [0.4, 0.5) is 24.5 Å². The SMILES string of the molecule is CNC(=O)c1ccc(OC)c(NCC#Cc2cc3c(NC45CCN(C)CC4C5)cccn3c2SC(F)(F)F)c1. The number of anilines is 2. The van der Waals surface area contributed by atoms with Crippen molar-refractivity contribution in [3.05, 3.63) is 53.7 Å². The van der Waals surface area contributed by atoms with Crippen LogP contribution in [0.1, 0.15) is 28.8 Å². The van der Waals surface area contributed by atoms with E-state index in [1.807, 2.05) is 6.07 Å². The second-order valence-electron chi connectivity index (χ2n) is 9.93. The molecule has 11 heteroatoms. The Kier molecular flexibility index (Phi) is 7.35. The maximum absolute atomic E-state index is 13.6. The van der Waals surface area contributed by atoms with Gasteiger partial charge in [-0.1, -0.05) is 11.8 Å². The van der Waals surface area contributed by atoms with Crippen LogP contribution in [0.25, 0.3) is 5.52 Å². The van der Waals surface area contributed by atoms with E-state index in [0.29, 0.717) is 34.0 Å². The number of aromatic nitrogens is 1. The molecule has 7 nitrogen and oxygen atoms in total. The molecule has 1 saturated carbocycles. The fourth-order valence-electron chi connectivity index (χ4n) is 5.26. The van der Waals surface area contributed by atoms with Crippen LogP contribution in [0.15, 0.2) is 47.6 Å². The molecule has 39 heavy (non-hydrogen) atoms. The topological polar surface area (TPSA) is 70.0 Å². The Hall–Kier alpha value is -3.49. The molecule has 3 heterocycles. The third-order valence-electron chi connectivity index (χ3n) is 7.34. The first-order valence-electron chi connectivity index (χ1n) is 12.6. The second-order valence-corrected chi connectivity index (χ2v) is 11.0.